The number of carbonyl (C=O) groups excluding carboxylic acids is 1. The van der Waals surface area contributed by atoms with E-state index in [9.17, 15) is 4.79 Å². The maximum absolute atomic E-state index is 12.4. The Kier molecular flexibility index (Phi) is 7.78. The molecule has 6 heteroatoms. The fourth-order valence-corrected chi connectivity index (χ4v) is 3.63. The summed E-state index contributed by atoms with van der Waals surface area (Å²) in [5.74, 6) is 1.61. The van der Waals surface area contributed by atoms with Crippen LogP contribution in [0.25, 0.3) is 0 Å². The summed E-state index contributed by atoms with van der Waals surface area (Å²) in [6.07, 6.45) is 1.63. The van der Waals surface area contributed by atoms with Crippen LogP contribution in [-0.4, -0.2) is 18.3 Å². The minimum atomic E-state index is -0.191. The molecule has 0 aliphatic rings. The van der Waals surface area contributed by atoms with Gasteiger partial charge < -0.3 is 19.2 Å². The Hall–Kier alpha value is -2.70. The molecule has 29 heavy (non-hydrogen) atoms. The fourth-order valence-electron chi connectivity index (χ4n) is 2.74. The van der Waals surface area contributed by atoms with E-state index in [4.69, 9.17) is 13.9 Å². The second-order valence-electron chi connectivity index (χ2n) is 6.55. The molecule has 0 bridgehead atoms. The standard InChI is InChI=1S/C23H25NO4S/c1-17(29-22-10-8-20(26-2)9-11-22)23(25)24-14-18-5-3-6-19(13-18)15-27-16-21-7-4-12-28-21/h3-13,17H,14-16H2,1-2H3,(H,24,25). The maximum Gasteiger partial charge on any atom is 0.233 e. The Morgan fingerprint density at radius 1 is 1.07 bits per heavy atom. The molecular weight excluding hydrogens is 386 g/mol. The Labute approximate surface area is 175 Å². The van der Waals surface area contributed by atoms with E-state index in [0.717, 1.165) is 27.5 Å². The number of hydrogen-bond donors (Lipinski definition) is 1. The summed E-state index contributed by atoms with van der Waals surface area (Å²) in [7, 11) is 1.64. The summed E-state index contributed by atoms with van der Waals surface area (Å²) in [6.45, 7) is 3.32. The van der Waals surface area contributed by atoms with Crippen molar-refractivity contribution >= 4 is 17.7 Å². The molecule has 1 amide bonds. The van der Waals surface area contributed by atoms with Crippen molar-refractivity contribution in [2.24, 2.45) is 0 Å². The molecule has 0 radical (unpaired) electrons. The second kappa shape index (κ2) is 10.7. The highest BCUT2D eigenvalue weighted by Gasteiger charge is 2.14. The minimum Gasteiger partial charge on any atom is -0.497 e. The Balaban J connectivity index is 1.45. The van der Waals surface area contributed by atoms with Crippen LogP contribution in [0.2, 0.25) is 0 Å². The molecule has 3 aromatic rings. The molecule has 0 saturated carbocycles. The molecular formula is C23H25NO4S. The first-order chi connectivity index (χ1) is 14.1. The predicted molar refractivity (Wildman–Crippen MR) is 114 cm³/mol. The van der Waals surface area contributed by atoms with Crippen molar-refractivity contribution in [1.82, 2.24) is 5.32 Å². The van der Waals surface area contributed by atoms with Gasteiger partial charge >= 0.3 is 0 Å². The molecule has 0 aliphatic carbocycles. The van der Waals surface area contributed by atoms with Gasteiger partial charge in [0.2, 0.25) is 5.91 Å². The topological polar surface area (TPSA) is 60.7 Å². The summed E-state index contributed by atoms with van der Waals surface area (Å²) in [6, 6.07) is 19.5. The van der Waals surface area contributed by atoms with E-state index < -0.39 is 0 Å². The van der Waals surface area contributed by atoms with E-state index in [0.29, 0.717) is 19.8 Å². The van der Waals surface area contributed by atoms with Crippen LogP contribution < -0.4 is 10.1 Å². The number of carbonyl (C=O) groups is 1. The average Bonchev–Trinajstić information content (AvgIpc) is 3.26. The highest BCUT2D eigenvalue weighted by atomic mass is 32.2. The smallest absolute Gasteiger partial charge is 0.233 e. The van der Waals surface area contributed by atoms with Gasteiger partial charge in [-0.25, -0.2) is 0 Å². The zero-order valence-corrected chi connectivity index (χ0v) is 17.4. The van der Waals surface area contributed by atoms with E-state index >= 15 is 0 Å². The van der Waals surface area contributed by atoms with Gasteiger partial charge in [-0.1, -0.05) is 24.3 Å². The number of benzene rings is 2. The molecule has 3 rings (SSSR count). The number of nitrogens with one attached hydrogen (secondary N) is 1. The SMILES string of the molecule is COc1ccc(SC(C)C(=O)NCc2cccc(COCc3ccco3)c2)cc1. The van der Waals surface area contributed by atoms with Gasteiger partial charge in [0.1, 0.15) is 18.1 Å². The summed E-state index contributed by atoms with van der Waals surface area (Å²) in [5, 5.41) is 2.82. The lowest BCUT2D eigenvalue weighted by molar-refractivity contribution is -0.120. The van der Waals surface area contributed by atoms with E-state index in [-0.39, 0.29) is 11.2 Å². The first-order valence-corrected chi connectivity index (χ1v) is 10.3. The summed E-state index contributed by atoms with van der Waals surface area (Å²) in [4.78, 5) is 13.5. The third-order valence-electron chi connectivity index (χ3n) is 4.29. The van der Waals surface area contributed by atoms with Crippen molar-refractivity contribution in [3.05, 3.63) is 83.8 Å². The third-order valence-corrected chi connectivity index (χ3v) is 5.40. The lowest BCUT2D eigenvalue weighted by Crippen LogP contribution is -2.30. The number of thioether (sulfide) groups is 1. The van der Waals surface area contributed by atoms with Crippen LogP contribution in [0.4, 0.5) is 0 Å². The number of hydrogen-bond acceptors (Lipinski definition) is 5. The predicted octanol–water partition coefficient (Wildman–Crippen LogP) is 4.80. The van der Waals surface area contributed by atoms with Gasteiger partial charge in [-0.05, 0) is 54.4 Å². The van der Waals surface area contributed by atoms with Crippen LogP contribution >= 0.6 is 11.8 Å². The lowest BCUT2D eigenvalue weighted by atomic mass is 10.1. The maximum atomic E-state index is 12.4. The van der Waals surface area contributed by atoms with Gasteiger partial charge in [0, 0.05) is 11.4 Å². The van der Waals surface area contributed by atoms with Crippen LogP contribution in [0.1, 0.15) is 23.8 Å². The molecule has 2 aromatic carbocycles. The van der Waals surface area contributed by atoms with Gasteiger partial charge in [0.05, 0.1) is 25.2 Å². The summed E-state index contributed by atoms with van der Waals surface area (Å²) >= 11 is 1.52. The van der Waals surface area contributed by atoms with Crippen LogP contribution in [-0.2, 0) is 29.3 Å². The summed E-state index contributed by atoms with van der Waals surface area (Å²) in [5.41, 5.74) is 2.10. The number of amides is 1. The van der Waals surface area contributed by atoms with Crippen molar-refractivity contribution in [1.29, 1.82) is 0 Å². The second-order valence-corrected chi connectivity index (χ2v) is 7.96. The van der Waals surface area contributed by atoms with Crippen LogP contribution in [0, 0.1) is 0 Å². The molecule has 0 spiro atoms. The van der Waals surface area contributed by atoms with E-state index in [1.54, 1.807) is 13.4 Å². The molecule has 1 N–H and O–H groups in total. The monoisotopic (exact) mass is 411 g/mol. The molecule has 1 unspecified atom stereocenters. The van der Waals surface area contributed by atoms with E-state index in [2.05, 4.69) is 5.32 Å². The number of methoxy groups -OCH3 is 1. The molecule has 0 saturated heterocycles. The normalized spacial score (nSPS) is 11.8. The van der Waals surface area contributed by atoms with Gasteiger partial charge in [-0.3, -0.25) is 4.79 Å². The quantitative estimate of drug-likeness (QED) is 0.486. The highest BCUT2D eigenvalue weighted by Crippen LogP contribution is 2.25. The van der Waals surface area contributed by atoms with Crippen molar-refractivity contribution < 1.29 is 18.7 Å². The first kappa shape index (κ1) is 21.0. The minimum absolute atomic E-state index is 0.00490. The number of rotatable bonds is 10. The molecule has 1 atom stereocenters. The summed E-state index contributed by atoms with van der Waals surface area (Å²) < 4.78 is 16.1. The number of furan rings is 1. The molecule has 1 aromatic heterocycles. The van der Waals surface area contributed by atoms with Gasteiger partial charge in [0.15, 0.2) is 0 Å². The van der Waals surface area contributed by atoms with E-state index in [1.807, 2.05) is 67.6 Å². The molecule has 152 valence electrons. The zero-order chi connectivity index (χ0) is 20.5. The van der Waals surface area contributed by atoms with Gasteiger partial charge in [-0.15, -0.1) is 11.8 Å². The van der Waals surface area contributed by atoms with Crippen molar-refractivity contribution in [2.75, 3.05) is 7.11 Å². The Morgan fingerprint density at radius 3 is 2.59 bits per heavy atom. The molecule has 0 aliphatic heterocycles. The van der Waals surface area contributed by atoms with Crippen molar-refractivity contribution in [3.63, 3.8) is 0 Å². The highest BCUT2D eigenvalue weighted by molar-refractivity contribution is 8.00. The van der Waals surface area contributed by atoms with Gasteiger partial charge in [0.25, 0.3) is 0 Å². The number of ether oxygens (including phenoxy) is 2. The zero-order valence-electron chi connectivity index (χ0n) is 16.6. The average molecular weight is 412 g/mol. The van der Waals surface area contributed by atoms with Crippen molar-refractivity contribution in [3.8, 4) is 5.75 Å². The molecule has 5 nitrogen and oxygen atoms in total. The lowest BCUT2D eigenvalue weighted by Gasteiger charge is -2.13. The molecule has 0 fully saturated rings. The van der Waals surface area contributed by atoms with E-state index in [1.165, 1.54) is 11.8 Å². The Bertz CT molecular complexity index is 894. The van der Waals surface area contributed by atoms with Crippen LogP contribution in [0.5, 0.6) is 5.75 Å². The first-order valence-electron chi connectivity index (χ1n) is 9.40. The van der Waals surface area contributed by atoms with Crippen LogP contribution in [0.3, 0.4) is 0 Å². The fraction of sp³-hybridized carbons (Fsp3) is 0.261. The third kappa shape index (κ3) is 6.69. The Morgan fingerprint density at radius 2 is 1.86 bits per heavy atom. The largest absolute Gasteiger partial charge is 0.497 e. The van der Waals surface area contributed by atoms with Gasteiger partial charge in [-0.2, -0.15) is 0 Å². The van der Waals surface area contributed by atoms with Crippen LogP contribution in [0.15, 0.2) is 76.2 Å². The molecule has 1 heterocycles. The van der Waals surface area contributed by atoms with Crippen molar-refractivity contribution in [2.45, 2.75) is 36.8 Å².